The number of Topliss-reactive ketones (excluding diaryl/α,β-unsaturated/α-hetero) is 2. The molecule has 363 valence electrons. The largest absolute Gasteiger partial charge is 0.437 e. The second-order valence-electron chi connectivity index (χ2n) is 17.1. The molecular weight excluding hydrogens is 1140 g/mol. The summed E-state index contributed by atoms with van der Waals surface area (Å²) in [5, 5.41) is 6.27. The standard InChI is InChI=1S/C23H40N2O5Si3.C23H18N2O3.2CH4.2CH3.3Y/c1-18(26)19-11-12-20-21(17-19)23(28)25(22(20)27)14-10-16-32(5,6)30-33(7,8)29-31(3,4)15-9-13-24-2;1-14(26)17-7-12-20-21(13-17)23(28)25(22(20)27)19-10-5-16(6-11-19)15-3-8-18(24-2)9-4-15;;;;;;;/h11-12,17,24H,9-10,13-16H2,1-8H3;3-13,24H,1-2H3;2*1H4;2*1H3;;;/q;;;;2*-1;;;. The fourth-order valence-corrected chi connectivity index (χ4v) is 21.9. The Morgan fingerprint density at radius 3 is 1.40 bits per heavy atom. The molecule has 2 aliphatic rings. The number of hydrogen-bond acceptors (Lipinski definition) is 10. The number of anilines is 2. The molecule has 18 heteroatoms. The van der Waals surface area contributed by atoms with E-state index in [0.717, 1.165) is 46.8 Å². The molecule has 68 heavy (non-hydrogen) atoms. The Morgan fingerprint density at radius 1 is 0.559 bits per heavy atom. The third-order valence-corrected chi connectivity index (χ3v) is 22.2. The maximum absolute atomic E-state index is 12.8. The molecule has 4 aromatic carbocycles. The van der Waals surface area contributed by atoms with Crippen LogP contribution in [0.25, 0.3) is 11.1 Å². The average Bonchev–Trinajstić information content (AvgIpc) is 3.59. The number of rotatable bonds is 17. The van der Waals surface area contributed by atoms with Crippen LogP contribution in [0.4, 0.5) is 11.4 Å². The molecule has 0 saturated carbocycles. The predicted octanol–water partition coefficient (Wildman–Crippen LogP) is 11.2. The van der Waals surface area contributed by atoms with Crippen molar-refractivity contribution >= 4 is 71.8 Å². The monoisotopic (exact) mass is 1210 g/mol. The van der Waals surface area contributed by atoms with Crippen LogP contribution in [0.3, 0.4) is 0 Å². The number of nitrogens with one attached hydrogen (secondary N) is 2. The number of nitrogens with zero attached hydrogens (tertiary/aromatic N) is 2. The summed E-state index contributed by atoms with van der Waals surface area (Å²) >= 11 is 0. The van der Waals surface area contributed by atoms with Gasteiger partial charge in [-0.1, -0.05) is 51.3 Å². The van der Waals surface area contributed by atoms with Gasteiger partial charge in [0.1, 0.15) is 0 Å². The summed E-state index contributed by atoms with van der Waals surface area (Å²) in [5.41, 5.74) is 5.72. The number of ketones is 2. The normalized spacial score (nSPS) is 12.4. The van der Waals surface area contributed by atoms with E-state index in [1.165, 1.54) is 30.9 Å². The first-order valence-electron chi connectivity index (χ1n) is 20.7. The number of fused-ring (bicyclic) bond motifs is 2. The quantitative estimate of drug-likeness (QED) is 0.0344. The first-order valence-corrected chi connectivity index (χ1v) is 29.7. The summed E-state index contributed by atoms with van der Waals surface area (Å²) in [5.74, 6) is -1.64. The van der Waals surface area contributed by atoms with Gasteiger partial charge in [-0.15, -0.1) is 0 Å². The minimum absolute atomic E-state index is 0. The van der Waals surface area contributed by atoms with Crippen LogP contribution in [0.1, 0.15) is 104 Å². The summed E-state index contributed by atoms with van der Waals surface area (Å²) in [4.78, 5) is 76.7. The fraction of sp³-hybridized carbons (Fsp3) is 0.360. The van der Waals surface area contributed by atoms with Gasteiger partial charge in [0, 0.05) is 129 Å². The van der Waals surface area contributed by atoms with Crippen molar-refractivity contribution in [3.05, 3.63) is 133 Å². The van der Waals surface area contributed by atoms with Crippen LogP contribution in [-0.4, -0.2) is 92.5 Å². The third-order valence-electron chi connectivity index (χ3n) is 10.7. The van der Waals surface area contributed by atoms with Gasteiger partial charge in [-0.25, -0.2) is 4.90 Å². The van der Waals surface area contributed by atoms with Crippen LogP contribution in [0.2, 0.25) is 51.4 Å². The van der Waals surface area contributed by atoms with Crippen molar-refractivity contribution in [3.8, 4) is 11.1 Å². The molecule has 2 N–H and O–H groups in total. The van der Waals surface area contributed by atoms with Crippen molar-refractivity contribution in [2.24, 2.45) is 0 Å². The average molecular weight is 1210 g/mol. The van der Waals surface area contributed by atoms with Gasteiger partial charge in [0.25, 0.3) is 23.6 Å². The molecular formula is C50H72N4O8Si3Y3-2. The minimum Gasteiger partial charge on any atom is -0.437 e. The van der Waals surface area contributed by atoms with E-state index in [9.17, 15) is 28.8 Å². The molecule has 2 aliphatic heterocycles. The molecule has 0 saturated heterocycles. The summed E-state index contributed by atoms with van der Waals surface area (Å²) in [6.07, 6.45) is 1.80. The van der Waals surface area contributed by atoms with E-state index in [-0.39, 0.29) is 163 Å². The van der Waals surface area contributed by atoms with Gasteiger partial charge in [0.2, 0.25) is 0 Å². The van der Waals surface area contributed by atoms with E-state index in [4.69, 9.17) is 8.23 Å². The van der Waals surface area contributed by atoms with Crippen LogP contribution in [0.5, 0.6) is 0 Å². The van der Waals surface area contributed by atoms with Crippen molar-refractivity contribution < 1.29 is 135 Å². The van der Waals surface area contributed by atoms with Gasteiger partial charge in [-0.05, 0) is 151 Å². The Balaban J connectivity index is -0.00000114. The van der Waals surface area contributed by atoms with Crippen molar-refractivity contribution in [2.45, 2.75) is 92.9 Å². The summed E-state index contributed by atoms with van der Waals surface area (Å²) in [6.45, 7) is 17.4. The Labute approximate surface area is 486 Å². The maximum Gasteiger partial charge on any atom is 0.311 e. The van der Waals surface area contributed by atoms with Crippen molar-refractivity contribution in [1.82, 2.24) is 10.2 Å². The van der Waals surface area contributed by atoms with E-state index in [1.54, 1.807) is 36.4 Å². The number of imide groups is 2. The zero-order chi connectivity index (χ0) is 44.9. The summed E-state index contributed by atoms with van der Waals surface area (Å²) in [7, 11) is -2.29. The second-order valence-corrected chi connectivity index (χ2v) is 29.6. The van der Waals surface area contributed by atoms with Crippen molar-refractivity contribution in [1.29, 1.82) is 0 Å². The Bertz CT molecular complexity index is 2350. The van der Waals surface area contributed by atoms with Crippen molar-refractivity contribution in [3.63, 3.8) is 0 Å². The van der Waals surface area contributed by atoms with Gasteiger partial charge in [0.05, 0.1) is 27.9 Å². The fourth-order valence-electron chi connectivity index (χ4n) is 7.85. The first kappa shape index (κ1) is 70.4. The smallest absolute Gasteiger partial charge is 0.311 e. The molecule has 0 unspecified atom stereocenters. The Kier molecular flexibility index (Phi) is 31.3. The van der Waals surface area contributed by atoms with Crippen LogP contribution in [-0.2, 0) is 106 Å². The van der Waals surface area contributed by atoms with E-state index in [0.29, 0.717) is 46.5 Å². The molecule has 0 aliphatic carbocycles. The molecule has 4 amide bonds. The zero-order valence-electron chi connectivity index (χ0n) is 40.7. The summed E-state index contributed by atoms with van der Waals surface area (Å²) in [6, 6.07) is 26.5. The van der Waals surface area contributed by atoms with Gasteiger partial charge in [0.15, 0.2) is 28.2 Å². The molecule has 3 radical (unpaired) electrons. The first-order chi connectivity index (χ1) is 28.7. The molecule has 4 aromatic rings. The molecule has 0 atom stereocenters. The van der Waals surface area contributed by atoms with E-state index in [1.807, 2.05) is 50.5 Å². The molecule has 12 nitrogen and oxygen atoms in total. The molecule has 0 spiro atoms. The molecule has 0 fully saturated rings. The number of amides is 4. The number of hydrogen-bond donors (Lipinski definition) is 2. The Hall–Kier alpha value is -1.86. The number of carbonyl (C=O) groups excluding carboxylic acids is 6. The molecule has 0 aromatic heterocycles. The van der Waals surface area contributed by atoms with Crippen molar-refractivity contribution in [2.75, 3.05) is 37.4 Å². The van der Waals surface area contributed by atoms with Gasteiger partial charge >= 0.3 is 8.56 Å². The van der Waals surface area contributed by atoms with Gasteiger partial charge in [-0.3, -0.25) is 33.7 Å². The SMILES string of the molecule is C.C.CNCCC[Si](C)(C)O[Si](C)(C)O[Si](C)(C)CCCN1C(=O)c2ccc(C(C)=O)cc2C1=O.CNc1ccc(-c2ccc(N3C(=O)c4ccc(C(C)=O)cc4C3=O)cc2)cc1.[CH3-].[CH3-].[Y].[Y].[Y]. The third kappa shape index (κ3) is 18.0. The van der Waals surface area contributed by atoms with E-state index in [2.05, 4.69) is 49.9 Å². The minimum atomic E-state index is -2.29. The topological polar surface area (TPSA) is 151 Å². The number of benzene rings is 4. The second kappa shape index (κ2) is 30.2. The van der Waals surface area contributed by atoms with Crippen LogP contribution >= 0.6 is 0 Å². The predicted molar refractivity (Wildman–Crippen MR) is 275 cm³/mol. The van der Waals surface area contributed by atoms with Crippen LogP contribution in [0, 0.1) is 14.9 Å². The summed E-state index contributed by atoms with van der Waals surface area (Å²) < 4.78 is 13.2. The van der Waals surface area contributed by atoms with E-state index < -0.39 is 31.1 Å². The number of carbonyl (C=O) groups is 6. The maximum atomic E-state index is 12.8. The Morgan fingerprint density at radius 2 is 0.956 bits per heavy atom. The van der Waals surface area contributed by atoms with E-state index >= 15 is 0 Å². The molecule has 6 rings (SSSR count). The van der Waals surface area contributed by atoms with Crippen LogP contribution < -0.4 is 15.5 Å². The van der Waals surface area contributed by atoms with Gasteiger partial charge < -0.3 is 33.7 Å². The van der Waals surface area contributed by atoms with Crippen LogP contribution in [0.15, 0.2) is 84.9 Å². The zero-order valence-corrected chi connectivity index (χ0v) is 52.2. The van der Waals surface area contributed by atoms with Gasteiger partial charge in [-0.2, -0.15) is 0 Å². The molecule has 2 heterocycles. The molecule has 0 bridgehead atoms.